The Morgan fingerprint density at radius 1 is 1.00 bits per heavy atom. The van der Waals surface area contributed by atoms with E-state index in [2.05, 4.69) is 0 Å². The van der Waals surface area contributed by atoms with E-state index < -0.39 is 17.5 Å². The zero-order valence-corrected chi connectivity index (χ0v) is 4.21. The maximum absolute atomic E-state index is 11.9. The molecule has 1 rings (SSSR count). The van der Waals surface area contributed by atoms with Gasteiger partial charge in [-0.05, 0) is 6.07 Å². The third kappa shape index (κ3) is 1.04. The van der Waals surface area contributed by atoms with Crippen LogP contribution in [0.15, 0.2) is 6.07 Å². The molecule has 1 aromatic rings. The molecular formula is C6HF3. The molecule has 0 fully saturated rings. The number of halogens is 3. The Balaban J connectivity index is 3.25. The van der Waals surface area contributed by atoms with Crippen LogP contribution in [-0.4, -0.2) is 0 Å². The Kier molecular flexibility index (Phi) is 1.42. The lowest BCUT2D eigenvalue weighted by molar-refractivity contribution is 0.445. The molecular weight excluding hydrogens is 129 g/mol. The molecule has 0 aliphatic heterocycles. The number of benzene rings is 1. The Hall–Kier alpha value is -0.990. The van der Waals surface area contributed by atoms with Crippen LogP contribution in [0.4, 0.5) is 13.2 Å². The van der Waals surface area contributed by atoms with E-state index in [1.807, 2.05) is 0 Å². The molecule has 1 aromatic carbocycles. The maximum Gasteiger partial charge on any atom is 0.195 e. The van der Waals surface area contributed by atoms with Crippen molar-refractivity contribution in [2.24, 2.45) is 0 Å². The highest BCUT2D eigenvalue weighted by Crippen LogP contribution is 2.06. The van der Waals surface area contributed by atoms with E-state index in [0.29, 0.717) is 0 Å². The highest BCUT2D eigenvalue weighted by atomic mass is 19.2. The Bertz CT molecular complexity index is 199. The molecule has 0 unspecified atom stereocenters. The molecule has 3 heteroatoms. The molecule has 0 aliphatic carbocycles. The van der Waals surface area contributed by atoms with E-state index in [9.17, 15) is 13.2 Å². The predicted octanol–water partition coefficient (Wildman–Crippen LogP) is 1.70. The Morgan fingerprint density at radius 3 is 1.78 bits per heavy atom. The van der Waals surface area contributed by atoms with Gasteiger partial charge in [0.1, 0.15) is 0 Å². The monoisotopic (exact) mass is 130 g/mol. The van der Waals surface area contributed by atoms with Gasteiger partial charge in [0, 0.05) is 12.1 Å². The van der Waals surface area contributed by atoms with Crippen LogP contribution in [0.25, 0.3) is 0 Å². The molecule has 0 saturated heterocycles. The molecule has 0 nitrogen and oxygen atoms in total. The number of hydrogen-bond acceptors (Lipinski definition) is 0. The molecule has 0 spiro atoms. The second-order valence-electron chi connectivity index (χ2n) is 1.37. The van der Waals surface area contributed by atoms with Crippen LogP contribution in [0.5, 0.6) is 0 Å². The first-order valence-electron chi connectivity index (χ1n) is 2.14. The summed E-state index contributed by atoms with van der Waals surface area (Å²) in [5.74, 6) is -4.16. The van der Waals surface area contributed by atoms with Gasteiger partial charge >= 0.3 is 0 Å². The van der Waals surface area contributed by atoms with Crippen molar-refractivity contribution in [3.05, 3.63) is 35.7 Å². The van der Waals surface area contributed by atoms with Gasteiger partial charge in [-0.2, -0.15) is 0 Å². The first-order chi connectivity index (χ1) is 4.22. The molecule has 2 radical (unpaired) electrons. The van der Waals surface area contributed by atoms with Gasteiger partial charge in [0.15, 0.2) is 17.5 Å². The minimum Gasteiger partial charge on any atom is -0.203 e. The van der Waals surface area contributed by atoms with Crippen molar-refractivity contribution in [1.29, 1.82) is 0 Å². The lowest BCUT2D eigenvalue weighted by Gasteiger charge is -1.88. The van der Waals surface area contributed by atoms with Crippen LogP contribution in [0.2, 0.25) is 0 Å². The summed E-state index contributed by atoms with van der Waals surface area (Å²) in [6.07, 6.45) is 0. The summed E-state index contributed by atoms with van der Waals surface area (Å²) in [5, 5.41) is 0. The van der Waals surface area contributed by atoms with Crippen LogP contribution in [-0.2, 0) is 0 Å². The van der Waals surface area contributed by atoms with E-state index in [-0.39, 0.29) is 0 Å². The average molecular weight is 130 g/mol. The minimum absolute atomic E-state index is 0.855. The Labute approximate surface area is 49.9 Å². The molecule has 0 aliphatic rings. The number of hydrogen-bond donors (Lipinski definition) is 0. The smallest absolute Gasteiger partial charge is 0.195 e. The van der Waals surface area contributed by atoms with Crippen LogP contribution >= 0.6 is 0 Å². The van der Waals surface area contributed by atoms with E-state index in [1.165, 1.54) is 0 Å². The second-order valence-corrected chi connectivity index (χ2v) is 1.37. The van der Waals surface area contributed by atoms with Crippen molar-refractivity contribution in [3.8, 4) is 0 Å². The molecule has 46 valence electrons. The predicted molar refractivity (Wildman–Crippen MR) is 24.0 cm³/mol. The highest BCUT2D eigenvalue weighted by Gasteiger charge is 2.05. The summed E-state index contributed by atoms with van der Waals surface area (Å²) >= 11 is 0. The fourth-order valence-electron chi connectivity index (χ4n) is 0.386. The van der Waals surface area contributed by atoms with Gasteiger partial charge in [-0.1, -0.05) is 0 Å². The second kappa shape index (κ2) is 2.09. The van der Waals surface area contributed by atoms with Gasteiger partial charge in [0.05, 0.1) is 0 Å². The fraction of sp³-hybridized carbons (Fsp3) is 0. The van der Waals surface area contributed by atoms with E-state index in [0.717, 1.165) is 6.07 Å². The normalized spacial score (nSPS) is 9.67. The van der Waals surface area contributed by atoms with Crippen LogP contribution in [0, 0.1) is 29.6 Å². The fourth-order valence-corrected chi connectivity index (χ4v) is 0.386. The summed E-state index contributed by atoms with van der Waals surface area (Å²) in [6.45, 7) is 0. The average Bonchev–Trinajstić information content (AvgIpc) is 1.83. The molecule has 9 heavy (non-hydrogen) atoms. The number of rotatable bonds is 0. The molecule has 0 amide bonds. The minimum atomic E-state index is -1.53. The van der Waals surface area contributed by atoms with Gasteiger partial charge < -0.3 is 0 Å². The van der Waals surface area contributed by atoms with Crippen molar-refractivity contribution in [1.82, 2.24) is 0 Å². The van der Waals surface area contributed by atoms with Gasteiger partial charge in [-0.15, -0.1) is 0 Å². The van der Waals surface area contributed by atoms with Crippen molar-refractivity contribution in [2.45, 2.75) is 0 Å². The molecule has 0 N–H and O–H groups in total. The summed E-state index contributed by atoms with van der Waals surface area (Å²) < 4.78 is 35.7. The van der Waals surface area contributed by atoms with Crippen molar-refractivity contribution in [2.75, 3.05) is 0 Å². The molecule has 0 aromatic heterocycles. The maximum atomic E-state index is 11.9. The first-order valence-corrected chi connectivity index (χ1v) is 2.14. The van der Waals surface area contributed by atoms with Crippen LogP contribution in [0.1, 0.15) is 0 Å². The van der Waals surface area contributed by atoms with E-state index in [1.54, 1.807) is 12.1 Å². The largest absolute Gasteiger partial charge is 0.203 e. The first kappa shape index (κ1) is 6.13. The third-order valence-electron chi connectivity index (χ3n) is 0.783. The molecule has 0 bridgehead atoms. The van der Waals surface area contributed by atoms with Crippen molar-refractivity contribution < 1.29 is 13.2 Å². The van der Waals surface area contributed by atoms with Crippen LogP contribution in [0.3, 0.4) is 0 Å². The van der Waals surface area contributed by atoms with Crippen molar-refractivity contribution in [3.63, 3.8) is 0 Å². The summed E-state index contributed by atoms with van der Waals surface area (Å²) in [4.78, 5) is 0. The van der Waals surface area contributed by atoms with Crippen molar-refractivity contribution >= 4 is 0 Å². The third-order valence-corrected chi connectivity index (χ3v) is 0.783. The molecule has 0 saturated carbocycles. The van der Waals surface area contributed by atoms with Gasteiger partial charge in [-0.25, -0.2) is 13.2 Å². The SMILES string of the molecule is Fc1[c]c[c]c(F)c1F. The lowest BCUT2D eigenvalue weighted by Crippen LogP contribution is -1.87. The summed E-state index contributed by atoms with van der Waals surface area (Å²) in [7, 11) is 0. The quantitative estimate of drug-likeness (QED) is 0.469. The van der Waals surface area contributed by atoms with Gasteiger partial charge in [0.25, 0.3) is 0 Å². The summed E-state index contributed by atoms with van der Waals surface area (Å²) in [5.41, 5.74) is 0. The standard InChI is InChI=1S/C6HF3/c7-4-2-1-3-5(8)6(4)9/h1H. The lowest BCUT2D eigenvalue weighted by atomic mass is 10.3. The van der Waals surface area contributed by atoms with Gasteiger partial charge in [0.2, 0.25) is 0 Å². The van der Waals surface area contributed by atoms with Gasteiger partial charge in [-0.3, -0.25) is 0 Å². The zero-order chi connectivity index (χ0) is 6.85. The Morgan fingerprint density at radius 2 is 1.44 bits per heavy atom. The summed E-state index contributed by atoms with van der Waals surface area (Å²) in [6, 6.07) is 4.46. The molecule has 0 atom stereocenters. The molecule has 0 heterocycles. The van der Waals surface area contributed by atoms with Crippen LogP contribution < -0.4 is 0 Å². The van der Waals surface area contributed by atoms with E-state index >= 15 is 0 Å². The van der Waals surface area contributed by atoms with E-state index in [4.69, 9.17) is 0 Å². The topological polar surface area (TPSA) is 0 Å². The zero-order valence-electron chi connectivity index (χ0n) is 4.21. The highest BCUT2D eigenvalue weighted by molar-refractivity contribution is 5.05.